The van der Waals surface area contributed by atoms with Crippen LogP contribution in [0.25, 0.3) is 16.5 Å². The quantitative estimate of drug-likeness (QED) is 0.574. The molecule has 2 heterocycles. The minimum absolute atomic E-state index is 0.0243. The van der Waals surface area contributed by atoms with E-state index in [1.807, 2.05) is 6.07 Å². The molecule has 0 atom stereocenters. The number of aromatic carboxylic acids is 1. The van der Waals surface area contributed by atoms with Gasteiger partial charge < -0.3 is 10.1 Å². The number of unbranched alkanes of at least 4 members (excludes halogenated alkanes) is 1. The van der Waals surface area contributed by atoms with Gasteiger partial charge in [0.15, 0.2) is 0 Å². The summed E-state index contributed by atoms with van der Waals surface area (Å²) in [5, 5.41) is 9.36. The number of rotatable bonds is 7. The lowest BCUT2D eigenvalue weighted by Crippen LogP contribution is -2.35. The van der Waals surface area contributed by atoms with Gasteiger partial charge >= 0.3 is 11.7 Å². The Morgan fingerprint density at radius 2 is 1.81 bits per heavy atom. The van der Waals surface area contributed by atoms with Gasteiger partial charge in [-0.25, -0.2) is 9.59 Å². The van der Waals surface area contributed by atoms with Gasteiger partial charge in [-0.05, 0) is 55.1 Å². The molecule has 0 unspecified atom stereocenters. The molecular weight excluding hydrogens is 394 g/mol. The van der Waals surface area contributed by atoms with Gasteiger partial charge in [0, 0.05) is 19.6 Å². The molecule has 31 heavy (non-hydrogen) atoms. The summed E-state index contributed by atoms with van der Waals surface area (Å²) in [5.41, 5.74) is 2.13. The van der Waals surface area contributed by atoms with E-state index in [0.717, 1.165) is 37.0 Å². The Labute approximate surface area is 179 Å². The maximum Gasteiger partial charge on any atom is 0.335 e. The van der Waals surface area contributed by atoms with Crippen molar-refractivity contribution in [2.75, 3.05) is 19.6 Å². The molecule has 4 rings (SSSR count). The lowest BCUT2D eigenvalue weighted by Gasteiger charge is -2.26. The predicted octanol–water partition coefficient (Wildman–Crippen LogP) is 2.96. The summed E-state index contributed by atoms with van der Waals surface area (Å²) >= 11 is 0. The molecular formula is C24H25N3O4. The average molecular weight is 419 g/mol. The molecule has 7 nitrogen and oxygen atoms in total. The van der Waals surface area contributed by atoms with Crippen LogP contribution in [0.1, 0.15) is 35.2 Å². The Morgan fingerprint density at radius 1 is 1.03 bits per heavy atom. The zero-order chi connectivity index (χ0) is 21.8. The molecule has 7 heteroatoms. The van der Waals surface area contributed by atoms with Crippen molar-refractivity contribution < 1.29 is 9.90 Å². The second-order valence-electron chi connectivity index (χ2n) is 7.81. The minimum Gasteiger partial charge on any atom is -0.478 e. The fraction of sp³-hybridized carbons (Fsp3) is 0.292. The number of hydrogen-bond acceptors (Lipinski definition) is 4. The molecule has 2 N–H and O–H groups in total. The Kier molecular flexibility index (Phi) is 6.13. The third kappa shape index (κ3) is 4.67. The van der Waals surface area contributed by atoms with Crippen molar-refractivity contribution in [1.29, 1.82) is 0 Å². The first kappa shape index (κ1) is 20.8. The lowest BCUT2D eigenvalue weighted by atomic mass is 9.99. The number of nitrogens with zero attached hydrogens (tertiary/aromatic N) is 2. The third-order valence-electron chi connectivity index (χ3n) is 5.77. The van der Waals surface area contributed by atoms with Crippen LogP contribution in [-0.2, 0) is 6.54 Å². The monoisotopic (exact) mass is 419 g/mol. The van der Waals surface area contributed by atoms with E-state index in [0.29, 0.717) is 18.5 Å². The molecule has 0 saturated heterocycles. The second-order valence-corrected chi connectivity index (χ2v) is 7.81. The number of H-pyrrole nitrogens is 1. The van der Waals surface area contributed by atoms with E-state index in [2.05, 4.69) is 40.2 Å². The highest BCUT2D eigenvalue weighted by Gasteiger charge is 2.13. The van der Waals surface area contributed by atoms with Crippen molar-refractivity contribution in [3.8, 4) is 0 Å². The first-order valence-corrected chi connectivity index (χ1v) is 10.5. The van der Waals surface area contributed by atoms with E-state index in [9.17, 15) is 14.4 Å². The summed E-state index contributed by atoms with van der Waals surface area (Å²) in [6, 6.07) is 14.6. The van der Waals surface area contributed by atoms with Crippen LogP contribution in [0.15, 0.2) is 64.2 Å². The number of carbonyl (C=O) groups is 1. The first-order valence-electron chi connectivity index (χ1n) is 10.5. The molecule has 0 bridgehead atoms. The number of carboxylic acid groups (broad SMARTS) is 1. The molecule has 1 aliphatic heterocycles. The first-order chi connectivity index (χ1) is 15.0. The fourth-order valence-electron chi connectivity index (χ4n) is 4.02. The maximum atomic E-state index is 12.7. The largest absolute Gasteiger partial charge is 0.478 e. The number of aromatic nitrogens is 2. The number of benzene rings is 2. The number of nitrogens with one attached hydrogen (secondary N) is 1. The van der Waals surface area contributed by atoms with Crippen molar-refractivity contribution in [2.24, 2.45) is 0 Å². The molecule has 3 aromatic rings. The number of fused-ring (bicyclic) bond motifs is 1. The smallest absolute Gasteiger partial charge is 0.335 e. The van der Waals surface area contributed by atoms with Gasteiger partial charge in [0.25, 0.3) is 5.56 Å². The zero-order valence-electron chi connectivity index (χ0n) is 17.2. The topological polar surface area (TPSA) is 95.4 Å². The molecule has 0 saturated carbocycles. The van der Waals surface area contributed by atoms with Crippen molar-refractivity contribution in [3.05, 3.63) is 86.6 Å². The van der Waals surface area contributed by atoms with Gasteiger partial charge in [-0.3, -0.25) is 14.3 Å². The van der Waals surface area contributed by atoms with Crippen molar-refractivity contribution >= 4 is 22.4 Å². The van der Waals surface area contributed by atoms with Crippen LogP contribution in [0.5, 0.6) is 0 Å². The van der Waals surface area contributed by atoms with Gasteiger partial charge in [0.1, 0.15) is 0 Å². The average Bonchev–Trinajstić information content (AvgIpc) is 2.79. The van der Waals surface area contributed by atoms with E-state index in [4.69, 9.17) is 5.11 Å². The highest BCUT2D eigenvalue weighted by atomic mass is 16.4. The Hall–Kier alpha value is -3.45. The normalized spacial score (nSPS) is 14.5. The molecule has 0 fully saturated rings. The van der Waals surface area contributed by atoms with Crippen molar-refractivity contribution in [2.45, 2.75) is 25.8 Å². The standard InChI is InChI=1S/C24H25N3O4/c28-22-20-16-19(23(29)30)8-9-21(20)25-24(31)27(22)13-5-4-12-26-14-10-18(11-15-26)17-6-2-1-3-7-17/h1-3,6-10,16H,4-5,11-15H2,(H,25,31)(H,29,30). The van der Waals surface area contributed by atoms with Gasteiger partial charge in [0.2, 0.25) is 0 Å². The zero-order valence-corrected chi connectivity index (χ0v) is 17.2. The van der Waals surface area contributed by atoms with Gasteiger partial charge in [-0.2, -0.15) is 0 Å². The molecule has 0 amide bonds. The number of hydrogen-bond donors (Lipinski definition) is 2. The highest BCUT2D eigenvalue weighted by molar-refractivity contribution is 5.92. The predicted molar refractivity (Wildman–Crippen MR) is 120 cm³/mol. The van der Waals surface area contributed by atoms with Crippen LogP contribution >= 0.6 is 0 Å². The van der Waals surface area contributed by atoms with Crippen LogP contribution in [0, 0.1) is 0 Å². The van der Waals surface area contributed by atoms with Crippen LogP contribution in [-0.4, -0.2) is 45.2 Å². The SMILES string of the molecule is O=C(O)c1ccc2[nH]c(=O)n(CCCCN3CC=C(c4ccccc4)CC3)c(=O)c2c1. The fourth-order valence-corrected chi connectivity index (χ4v) is 4.02. The highest BCUT2D eigenvalue weighted by Crippen LogP contribution is 2.22. The van der Waals surface area contributed by atoms with Gasteiger partial charge in [-0.1, -0.05) is 36.4 Å². The number of carboxylic acids is 1. The number of aromatic amines is 1. The summed E-state index contributed by atoms with van der Waals surface area (Å²) in [6.45, 7) is 3.11. The van der Waals surface area contributed by atoms with E-state index >= 15 is 0 Å². The summed E-state index contributed by atoms with van der Waals surface area (Å²) in [5.74, 6) is -1.11. The molecule has 0 aliphatic carbocycles. The van der Waals surface area contributed by atoms with Gasteiger partial charge in [-0.15, -0.1) is 0 Å². The second kappa shape index (κ2) is 9.14. The summed E-state index contributed by atoms with van der Waals surface area (Å²) in [7, 11) is 0. The van der Waals surface area contributed by atoms with E-state index in [-0.39, 0.29) is 10.9 Å². The minimum atomic E-state index is -1.11. The van der Waals surface area contributed by atoms with Crippen LogP contribution < -0.4 is 11.2 Å². The van der Waals surface area contributed by atoms with E-state index < -0.39 is 17.2 Å². The van der Waals surface area contributed by atoms with Crippen LogP contribution in [0.3, 0.4) is 0 Å². The Balaban J connectivity index is 1.36. The van der Waals surface area contributed by atoms with Crippen LogP contribution in [0.4, 0.5) is 0 Å². The van der Waals surface area contributed by atoms with E-state index in [1.54, 1.807) is 0 Å². The molecule has 1 aromatic heterocycles. The molecule has 1 aliphatic rings. The summed E-state index contributed by atoms with van der Waals surface area (Å²) in [6.07, 6.45) is 4.85. The molecule has 160 valence electrons. The summed E-state index contributed by atoms with van der Waals surface area (Å²) < 4.78 is 1.16. The molecule has 0 spiro atoms. The lowest BCUT2D eigenvalue weighted by molar-refractivity contribution is 0.0697. The van der Waals surface area contributed by atoms with Crippen LogP contribution in [0.2, 0.25) is 0 Å². The third-order valence-corrected chi connectivity index (χ3v) is 5.77. The van der Waals surface area contributed by atoms with E-state index in [1.165, 1.54) is 29.3 Å². The maximum absolute atomic E-state index is 12.7. The van der Waals surface area contributed by atoms with Crippen molar-refractivity contribution in [3.63, 3.8) is 0 Å². The Bertz CT molecular complexity index is 1240. The van der Waals surface area contributed by atoms with Crippen molar-refractivity contribution in [1.82, 2.24) is 14.5 Å². The summed E-state index contributed by atoms with van der Waals surface area (Å²) in [4.78, 5) is 41.3. The Morgan fingerprint density at radius 3 is 2.52 bits per heavy atom. The molecule has 2 aromatic carbocycles. The van der Waals surface area contributed by atoms with Gasteiger partial charge in [0.05, 0.1) is 16.5 Å². The molecule has 0 radical (unpaired) electrons.